The van der Waals surface area contributed by atoms with E-state index in [2.05, 4.69) is 0 Å². The van der Waals surface area contributed by atoms with Crippen molar-refractivity contribution < 1.29 is 14.7 Å². The van der Waals surface area contributed by atoms with E-state index in [1.54, 1.807) is 29.0 Å². The number of hydrogen-bond acceptors (Lipinski definition) is 4. The second kappa shape index (κ2) is 9.52. The molecular formula is C28H20ClN3O3. The third-order valence-electron chi connectivity index (χ3n) is 5.70. The Morgan fingerprint density at radius 3 is 1.97 bits per heavy atom. The quantitative estimate of drug-likeness (QED) is 0.270. The van der Waals surface area contributed by atoms with E-state index in [9.17, 15) is 9.59 Å². The molecule has 1 N–H and O–H groups in total. The van der Waals surface area contributed by atoms with E-state index in [-0.39, 0.29) is 18.6 Å². The van der Waals surface area contributed by atoms with Crippen LogP contribution in [0.2, 0.25) is 5.02 Å². The largest absolute Gasteiger partial charge is 0.481 e. The number of fused-ring (bicyclic) bond motifs is 1. The van der Waals surface area contributed by atoms with E-state index in [4.69, 9.17) is 26.7 Å². The van der Waals surface area contributed by atoms with Crippen molar-refractivity contribution >= 4 is 34.3 Å². The lowest BCUT2D eigenvalue weighted by atomic mass is 10.1. The number of benzene rings is 3. The van der Waals surface area contributed by atoms with Gasteiger partial charge in [0.1, 0.15) is 0 Å². The van der Waals surface area contributed by atoms with Crippen molar-refractivity contribution in [3.63, 3.8) is 0 Å². The number of Topliss-reactive ketones (excluding diaryl/α,β-unsaturated/α-hetero) is 1. The van der Waals surface area contributed by atoms with Crippen LogP contribution in [-0.4, -0.2) is 31.4 Å². The molecule has 0 aliphatic heterocycles. The van der Waals surface area contributed by atoms with E-state index in [1.807, 2.05) is 66.7 Å². The van der Waals surface area contributed by atoms with Crippen LogP contribution >= 0.6 is 11.6 Å². The van der Waals surface area contributed by atoms with Gasteiger partial charge in [-0.2, -0.15) is 0 Å². The molecule has 5 rings (SSSR count). The number of rotatable bonds is 7. The van der Waals surface area contributed by atoms with Gasteiger partial charge in [-0.3, -0.25) is 14.2 Å². The fourth-order valence-corrected chi connectivity index (χ4v) is 4.17. The lowest BCUT2D eigenvalue weighted by Crippen LogP contribution is -2.04. The molecule has 35 heavy (non-hydrogen) atoms. The summed E-state index contributed by atoms with van der Waals surface area (Å²) in [5, 5.41) is 10.2. The van der Waals surface area contributed by atoms with Crippen LogP contribution in [0.5, 0.6) is 0 Å². The van der Waals surface area contributed by atoms with Crippen molar-refractivity contribution in [3.8, 4) is 28.5 Å². The Balaban J connectivity index is 1.72. The monoisotopic (exact) mass is 481 g/mol. The summed E-state index contributed by atoms with van der Waals surface area (Å²) in [7, 11) is 0. The molecule has 0 saturated carbocycles. The number of carboxylic acid groups (broad SMARTS) is 1. The molecule has 0 spiro atoms. The van der Waals surface area contributed by atoms with Gasteiger partial charge in [0.05, 0.1) is 23.3 Å². The standard InChI is InChI=1S/C28H20ClN3O3/c29-20-11-12-21-22(26(33)13-14-27(34)35)17-32(25(21)15-20)28-30-23(18-7-3-1-4-8-18)16-24(31-28)19-9-5-2-6-10-19/h1-12,15-17H,13-14H2,(H,34,35). The third kappa shape index (κ3) is 4.69. The predicted molar refractivity (Wildman–Crippen MR) is 136 cm³/mol. The fourth-order valence-electron chi connectivity index (χ4n) is 4.00. The highest BCUT2D eigenvalue weighted by atomic mass is 35.5. The van der Waals surface area contributed by atoms with Crippen molar-refractivity contribution in [1.82, 2.24) is 14.5 Å². The third-order valence-corrected chi connectivity index (χ3v) is 5.94. The van der Waals surface area contributed by atoms with E-state index in [0.29, 0.717) is 27.4 Å². The molecule has 5 aromatic rings. The number of hydrogen-bond donors (Lipinski definition) is 1. The fraction of sp³-hybridized carbons (Fsp3) is 0.0714. The van der Waals surface area contributed by atoms with Gasteiger partial charge in [0.15, 0.2) is 5.78 Å². The molecule has 0 fully saturated rings. The number of nitrogens with zero attached hydrogens (tertiary/aromatic N) is 3. The van der Waals surface area contributed by atoms with E-state index in [1.165, 1.54) is 0 Å². The maximum atomic E-state index is 12.9. The number of halogens is 1. The van der Waals surface area contributed by atoms with Crippen LogP contribution in [0.3, 0.4) is 0 Å². The summed E-state index contributed by atoms with van der Waals surface area (Å²) in [4.78, 5) is 33.6. The summed E-state index contributed by atoms with van der Waals surface area (Å²) < 4.78 is 1.74. The second-order valence-electron chi connectivity index (χ2n) is 8.06. The number of aromatic nitrogens is 3. The lowest BCUT2D eigenvalue weighted by molar-refractivity contribution is -0.136. The number of carbonyl (C=O) groups is 2. The van der Waals surface area contributed by atoms with Crippen molar-refractivity contribution in [2.45, 2.75) is 12.8 Å². The first-order chi connectivity index (χ1) is 17.0. The molecule has 0 radical (unpaired) electrons. The van der Waals surface area contributed by atoms with Crippen molar-refractivity contribution in [1.29, 1.82) is 0 Å². The van der Waals surface area contributed by atoms with Gasteiger partial charge in [-0.15, -0.1) is 0 Å². The van der Waals surface area contributed by atoms with Crippen LogP contribution < -0.4 is 0 Å². The average Bonchev–Trinajstić information content (AvgIpc) is 3.27. The molecule has 2 heterocycles. The minimum atomic E-state index is -1.02. The minimum absolute atomic E-state index is 0.0999. The van der Waals surface area contributed by atoms with Crippen molar-refractivity contribution in [2.24, 2.45) is 0 Å². The van der Waals surface area contributed by atoms with Gasteiger partial charge in [0.2, 0.25) is 5.95 Å². The van der Waals surface area contributed by atoms with E-state index in [0.717, 1.165) is 22.5 Å². The molecule has 0 aliphatic carbocycles. The summed E-state index contributed by atoms with van der Waals surface area (Å²) in [6, 6.07) is 26.8. The molecule has 172 valence electrons. The van der Waals surface area contributed by atoms with Crippen molar-refractivity contribution in [2.75, 3.05) is 0 Å². The summed E-state index contributed by atoms with van der Waals surface area (Å²) in [5.74, 6) is -0.896. The van der Waals surface area contributed by atoms with E-state index < -0.39 is 5.97 Å². The number of carbonyl (C=O) groups excluding carboxylic acids is 1. The minimum Gasteiger partial charge on any atom is -0.481 e. The Labute approximate surface area is 206 Å². The van der Waals surface area contributed by atoms with Crippen LogP contribution in [0.1, 0.15) is 23.2 Å². The summed E-state index contributed by atoms with van der Waals surface area (Å²) in [5.41, 5.74) is 4.41. The Hall–Kier alpha value is -4.29. The van der Waals surface area contributed by atoms with Gasteiger partial charge in [-0.05, 0) is 18.2 Å². The maximum Gasteiger partial charge on any atom is 0.303 e. The predicted octanol–water partition coefficient (Wildman–Crippen LogP) is 6.46. The molecule has 3 aromatic carbocycles. The highest BCUT2D eigenvalue weighted by Gasteiger charge is 2.19. The van der Waals surface area contributed by atoms with Crippen molar-refractivity contribution in [3.05, 3.63) is 102 Å². The lowest BCUT2D eigenvalue weighted by Gasteiger charge is -2.10. The molecule has 0 aliphatic rings. The van der Waals surface area contributed by atoms with Gasteiger partial charge >= 0.3 is 5.97 Å². The number of aliphatic carboxylic acids is 1. The highest BCUT2D eigenvalue weighted by Crippen LogP contribution is 2.30. The zero-order valence-corrected chi connectivity index (χ0v) is 19.3. The normalized spacial score (nSPS) is 11.0. The van der Waals surface area contributed by atoms with Crippen LogP contribution in [0.25, 0.3) is 39.4 Å². The first kappa shape index (κ1) is 22.5. The second-order valence-corrected chi connectivity index (χ2v) is 8.50. The molecule has 6 nitrogen and oxygen atoms in total. The number of ketones is 1. The summed E-state index contributed by atoms with van der Waals surface area (Å²) >= 11 is 6.31. The van der Waals surface area contributed by atoms with Gasteiger partial charge < -0.3 is 5.11 Å². The first-order valence-corrected chi connectivity index (χ1v) is 11.4. The van der Waals surface area contributed by atoms with Gasteiger partial charge in [0, 0.05) is 39.7 Å². The van der Waals surface area contributed by atoms with Crippen LogP contribution in [0, 0.1) is 0 Å². The molecule has 2 aromatic heterocycles. The SMILES string of the molecule is O=C(O)CCC(=O)c1cn(-c2nc(-c3ccccc3)cc(-c3ccccc3)n2)c2cc(Cl)ccc12. The Bertz CT molecular complexity index is 1490. The first-order valence-electron chi connectivity index (χ1n) is 11.1. The topological polar surface area (TPSA) is 85.1 Å². The molecule has 7 heteroatoms. The Morgan fingerprint density at radius 2 is 1.40 bits per heavy atom. The number of carboxylic acids is 1. The van der Waals surface area contributed by atoms with Crippen LogP contribution in [0.4, 0.5) is 0 Å². The highest BCUT2D eigenvalue weighted by molar-refractivity contribution is 6.31. The summed E-state index contributed by atoms with van der Waals surface area (Å²) in [6.45, 7) is 0. The van der Waals surface area contributed by atoms with Crippen LogP contribution in [-0.2, 0) is 4.79 Å². The zero-order chi connectivity index (χ0) is 24.4. The Morgan fingerprint density at radius 1 is 0.800 bits per heavy atom. The van der Waals surface area contributed by atoms with Gasteiger partial charge in [-0.25, -0.2) is 9.97 Å². The average molecular weight is 482 g/mol. The van der Waals surface area contributed by atoms with Gasteiger partial charge in [-0.1, -0.05) is 78.3 Å². The smallest absolute Gasteiger partial charge is 0.303 e. The zero-order valence-electron chi connectivity index (χ0n) is 18.6. The van der Waals surface area contributed by atoms with Gasteiger partial charge in [0.25, 0.3) is 0 Å². The van der Waals surface area contributed by atoms with Crippen LogP contribution in [0.15, 0.2) is 91.1 Å². The molecule has 0 bridgehead atoms. The summed E-state index contributed by atoms with van der Waals surface area (Å²) in [6.07, 6.45) is 1.33. The maximum absolute atomic E-state index is 12.9. The molecule has 0 atom stereocenters. The van der Waals surface area contributed by atoms with E-state index >= 15 is 0 Å². The molecule has 0 unspecified atom stereocenters. The Kier molecular flexibility index (Phi) is 6.12. The molecule has 0 amide bonds. The molecular weight excluding hydrogens is 462 g/mol. The molecule has 0 saturated heterocycles.